The lowest BCUT2D eigenvalue weighted by atomic mass is 9.86. The number of hydrogen-bond acceptors (Lipinski definition) is 4. The molecule has 1 amide bonds. The van der Waals surface area contributed by atoms with Crippen molar-refractivity contribution in [3.8, 4) is 0 Å². The summed E-state index contributed by atoms with van der Waals surface area (Å²) in [6.07, 6.45) is 1.68. The third-order valence-corrected chi connectivity index (χ3v) is 6.27. The molecule has 0 fully saturated rings. The molecule has 2 aromatic heterocycles. The van der Waals surface area contributed by atoms with Gasteiger partial charge in [0.15, 0.2) is 5.43 Å². The zero-order valence-electron chi connectivity index (χ0n) is 19.5. The molecular weight excluding hydrogens is 412 g/mol. The first-order valence-corrected chi connectivity index (χ1v) is 11.1. The van der Waals surface area contributed by atoms with Crippen LogP contribution in [0.2, 0.25) is 0 Å². The Morgan fingerprint density at radius 2 is 1.61 bits per heavy atom. The van der Waals surface area contributed by atoms with E-state index in [0.717, 1.165) is 16.7 Å². The molecule has 166 valence electrons. The number of nitrogens with zero attached hydrogens (tertiary/aromatic N) is 2. The van der Waals surface area contributed by atoms with Crippen LogP contribution in [0.5, 0.6) is 0 Å². The maximum absolute atomic E-state index is 13.7. The van der Waals surface area contributed by atoms with Crippen molar-refractivity contribution < 1.29 is 9.21 Å². The Morgan fingerprint density at radius 1 is 0.909 bits per heavy atom. The van der Waals surface area contributed by atoms with E-state index >= 15 is 0 Å². The number of pyridine rings is 1. The van der Waals surface area contributed by atoms with Crippen LogP contribution in [0.1, 0.15) is 65.2 Å². The number of anilines is 1. The molecule has 33 heavy (non-hydrogen) atoms. The number of hydrogen-bond donors (Lipinski definition) is 0. The average Bonchev–Trinajstić information content (AvgIpc) is 3.06. The SMILES string of the molecule is Cc1ccnc(N2C(=O)c3oc4ccc(C)cc4c(=O)c3[C@H]2c2ccc(C(C)(C)C)cc2)c1. The van der Waals surface area contributed by atoms with Gasteiger partial charge in [-0.2, -0.15) is 0 Å². The van der Waals surface area contributed by atoms with Crippen LogP contribution in [-0.2, 0) is 5.41 Å². The Kier molecular flexibility index (Phi) is 4.74. The Balaban J connectivity index is 1.78. The highest BCUT2D eigenvalue weighted by atomic mass is 16.3. The van der Waals surface area contributed by atoms with Crippen molar-refractivity contribution in [1.29, 1.82) is 0 Å². The van der Waals surface area contributed by atoms with Gasteiger partial charge in [0.25, 0.3) is 5.91 Å². The lowest BCUT2D eigenvalue weighted by Crippen LogP contribution is -2.30. The number of aryl methyl sites for hydroxylation is 2. The van der Waals surface area contributed by atoms with E-state index in [2.05, 4.69) is 37.9 Å². The standard InChI is InChI=1S/C28H26N2O3/c1-16-6-11-21-20(14-16)25(31)23-24(18-7-9-19(10-8-18)28(3,4)5)30(27(32)26(23)33-21)22-15-17(2)12-13-29-22/h6-15,24H,1-5H3/t24-/m1/s1. The number of carbonyl (C=O) groups excluding carboxylic acids is 1. The van der Waals surface area contributed by atoms with Gasteiger partial charge in [-0.05, 0) is 60.2 Å². The van der Waals surface area contributed by atoms with Crippen molar-refractivity contribution in [1.82, 2.24) is 4.98 Å². The van der Waals surface area contributed by atoms with Crippen molar-refractivity contribution in [3.63, 3.8) is 0 Å². The second-order valence-electron chi connectivity index (χ2n) is 9.81. The second-order valence-corrected chi connectivity index (χ2v) is 9.81. The first-order chi connectivity index (χ1) is 15.6. The third-order valence-electron chi connectivity index (χ3n) is 6.27. The first kappa shape index (κ1) is 21.1. The second kappa shape index (κ2) is 7.41. The summed E-state index contributed by atoms with van der Waals surface area (Å²) in [6, 6.07) is 16.7. The van der Waals surface area contributed by atoms with E-state index < -0.39 is 6.04 Å². The van der Waals surface area contributed by atoms with Crippen LogP contribution in [-0.4, -0.2) is 10.9 Å². The molecule has 0 unspecified atom stereocenters. The van der Waals surface area contributed by atoms with Gasteiger partial charge < -0.3 is 4.42 Å². The number of rotatable bonds is 2. The molecule has 0 N–H and O–H groups in total. The summed E-state index contributed by atoms with van der Waals surface area (Å²) >= 11 is 0. The molecule has 4 aromatic rings. The summed E-state index contributed by atoms with van der Waals surface area (Å²) in [5.74, 6) is 0.230. The normalized spacial score (nSPS) is 15.8. The van der Waals surface area contributed by atoms with Gasteiger partial charge in [-0.25, -0.2) is 4.98 Å². The van der Waals surface area contributed by atoms with Crippen molar-refractivity contribution >= 4 is 22.7 Å². The zero-order chi connectivity index (χ0) is 23.5. The highest BCUT2D eigenvalue weighted by molar-refractivity contribution is 6.10. The van der Waals surface area contributed by atoms with E-state index in [0.29, 0.717) is 22.4 Å². The fourth-order valence-electron chi connectivity index (χ4n) is 4.46. The van der Waals surface area contributed by atoms with Crippen LogP contribution >= 0.6 is 0 Å². The summed E-state index contributed by atoms with van der Waals surface area (Å²) in [4.78, 5) is 33.4. The molecule has 0 bridgehead atoms. The molecule has 1 atom stereocenters. The summed E-state index contributed by atoms with van der Waals surface area (Å²) in [5.41, 5.74) is 4.56. The number of aromatic nitrogens is 1. The summed E-state index contributed by atoms with van der Waals surface area (Å²) in [6.45, 7) is 10.4. The highest BCUT2D eigenvalue weighted by Crippen LogP contribution is 2.41. The molecule has 1 aliphatic heterocycles. The van der Waals surface area contributed by atoms with E-state index in [1.165, 1.54) is 5.56 Å². The Bertz CT molecular complexity index is 1460. The van der Waals surface area contributed by atoms with Gasteiger partial charge in [0.1, 0.15) is 11.4 Å². The molecular formula is C28H26N2O3. The Morgan fingerprint density at radius 3 is 2.27 bits per heavy atom. The minimum Gasteiger partial charge on any atom is -0.450 e. The van der Waals surface area contributed by atoms with E-state index in [-0.39, 0.29) is 22.5 Å². The van der Waals surface area contributed by atoms with E-state index in [1.54, 1.807) is 17.2 Å². The van der Waals surface area contributed by atoms with Gasteiger partial charge in [0.2, 0.25) is 5.76 Å². The number of fused-ring (bicyclic) bond motifs is 2. The molecule has 5 heteroatoms. The lowest BCUT2D eigenvalue weighted by Gasteiger charge is -2.25. The van der Waals surface area contributed by atoms with Gasteiger partial charge >= 0.3 is 0 Å². The summed E-state index contributed by atoms with van der Waals surface area (Å²) in [5, 5.41) is 0.483. The topological polar surface area (TPSA) is 63.4 Å². The van der Waals surface area contributed by atoms with Crippen LogP contribution in [0.15, 0.2) is 70.0 Å². The fourth-order valence-corrected chi connectivity index (χ4v) is 4.46. The molecule has 5 rings (SSSR count). The van der Waals surface area contributed by atoms with Crippen LogP contribution in [0.25, 0.3) is 11.0 Å². The largest absolute Gasteiger partial charge is 0.450 e. The summed E-state index contributed by atoms with van der Waals surface area (Å²) < 4.78 is 6.05. The van der Waals surface area contributed by atoms with E-state index in [9.17, 15) is 9.59 Å². The van der Waals surface area contributed by atoms with Crippen LogP contribution in [0, 0.1) is 13.8 Å². The minimum absolute atomic E-state index is 0.00747. The quantitative estimate of drug-likeness (QED) is 0.394. The third kappa shape index (κ3) is 3.44. The predicted molar refractivity (Wildman–Crippen MR) is 130 cm³/mol. The fraction of sp³-hybridized carbons (Fsp3) is 0.250. The monoisotopic (exact) mass is 438 g/mol. The van der Waals surface area contributed by atoms with Gasteiger partial charge in [-0.15, -0.1) is 0 Å². The van der Waals surface area contributed by atoms with Gasteiger partial charge in [-0.1, -0.05) is 56.7 Å². The molecule has 0 radical (unpaired) electrons. The molecule has 0 aliphatic carbocycles. The van der Waals surface area contributed by atoms with Crippen LogP contribution in [0.3, 0.4) is 0 Å². The Hall–Kier alpha value is -3.73. The van der Waals surface area contributed by atoms with Crippen LogP contribution < -0.4 is 10.3 Å². The molecule has 0 saturated carbocycles. The zero-order valence-corrected chi connectivity index (χ0v) is 19.5. The maximum atomic E-state index is 13.7. The van der Waals surface area contributed by atoms with Crippen molar-refractivity contribution in [3.05, 3.63) is 105 Å². The number of benzene rings is 2. The van der Waals surface area contributed by atoms with Gasteiger partial charge in [0, 0.05) is 6.20 Å². The Labute approximate surface area is 192 Å². The highest BCUT2D eigenvalue weighted by Gasteiger charge is 2.44. The molecule has 1 aliphatic rings. The first-order valence-electron chi connectivity index (χ1n) is 11.1. The molecule has 5 nitrogen and oxygen atoms in total. The molecule has 0 spiro atoms. The van der Waals surface area contributed by atoms with E-state index in [1.807, 2.05) is 50.2 Å². The van der Waals surface area contributed by atoms with Crippen LogP contribution in [0.4, 0.5) is 5.82 Å². The summed E-state index contributed by atoms with van der Waals surface area (Å²) in [7, 11) is 0. The smallest absolute Gasteiger partial charge is 0.296 e. The number of amides is 1. The molecule has 2 aromatic carbocycles. The molecule has 0 saturated heterocycles. The van der Waals surface area contributed by atoms with E-state index in [4.69, 9.17) is 4.42 Å². The van der Waals surface area contributed by atoms with Crippen molar-refractivity contribution in [2.75, 3.05) is 4.90 Å². The minimum atomic E-state index is -0.614. The maximum Gasteiger partial charge on any atom is 0.296 e. The average molecular weight is 439 g/mol. The van der Waals surface area contributed by atoms with Gasteiger partial charge in [-0.3, -0.25) is 14.5 Å². The molecule has 3 heterocycles. The lowest BCUT2D eigenvalue weighted by molar-refractivity contribution is 0.0970. The number of carbonyl (C=O) groups is 1. The predicted octanol–water partition coefficient (Wildman–Crippen LogP) is 5.85. The van der Waals surface area contributed by atoms with Crippen molar-refractivity contribution in [2.45, 2.75) is 46.1 Å². The van der Waals surface area contributed by atoms with Gasteiger partial charge in [0.05, 0.1) is 17.0 Å². The van der Waals surface area contributed by atoms with Crippen molar-refractivity contribution in [2.24, 2.45) is 0 Å².